The van der Waals surface area contributed by atoms with Crippen molar-refractivity contribution >= 4 is 5.91 Å². The van der Waals surface area contributed by atoms with Crippen LogP contribution >= 0.6 is 0 Å². The molecule has 0 spiro atoms. The van der Waals surface area contributed by atoms with Crippen molar-refractivity contribution in [3.8, 4) is 0 Å². The summed E-state index contributed by atoms with van der Waals surface area (Å²) in [5.74, 6) is 1.14. The highest BCUT2D eigenvalue weighted by molar-refractivity contribution is 5.79. The molecule has 3 fully saturated rings. The molecule has 1 aliphatic heterocycles. The number of rotatable bonds is 5. The molecular formula is C17H27N5O2. The minimum Gasteiger partial charge on any atom is -0.368 e. The molecule has 132 valence electrons. The highest BCUT2D eigenvalue weighted by atomic mass is 16.5. The van der Waals surface area contributed by atoms with E-state index in [1.165, 1.54) is 38.5 Å². The molecule has 0 N–H and O–H groups in total. The number of amides is 1. The van der Waals surface area contributed by atoms with Crippen LogP contribution in [0.4, 0.5) is 0 Å². The fraction of sp³-hybridized carbons (Fsp3) is 0.824. The van der Waals surface area contributed by atoms with Crippen LogP contribution in [0.3, 0.4) is 0 Å². The van der Waals surface area contributed by atoms with E-state index in [2.05, 4.69) is 20.0 Å². The molecule has 1 aromatic heterocycles. The van der Waals surface area contributed by atoms with Gasteiger partial charge < -0.3 is 14.2 Å². The Morgan fingerprint density at radius 1 is 1.29 bits per heavy atom. The molecule has 4 rings (SSSR count). The molecule has 0 radical (unpaired) electrons. The van der Waals surface area contributed by atoms with Crippen LogP contribution in [0.2, 0.25) is 0 Å². The van der Waals surface area contributed by atoms with Gasteiger partial charge in [0.25, 0.3) is 0 Å². The summed E-state index contributed by atoms with van der Waals surface area (Å²) in [5.41, 5.74) is 0. The maximum atomic E-state index is 13.0. The third kappa shape index (κ3) is 3.32. The average Bonchev–Trinajstić information content (AvgIpc) is 3.07. The summed E-state index contributed by atoms with van der Waals surface area (Å²) in [6, 6.07) is 0.997. The van der Waals surface area contributed by atoms with Crippen LogP contribution in [-0.2, 0) is 16.6 Å². The Kier molecular flexibility index (Phi) is 4.54. The number of aromatic nitrogens is 3. The number of carbonyl (C=O) groups is 1. The van der Waals surface area contributed by atoms with Gasteiger partial charge in [-0.25, -0.2) is 0 Å². The zero-order chi connectivity index (χ0) is 16.5. The van der Waals surface area contributed by atoms with Gasteiger partial charge in [-0.05, 0) is 25.7 Å². The minimum atomic E-state index is -0.0973. The molecule has 0 bridgehead atoms. The van der Waals surface area contributed by atoms with Gasteiger partial charge in [-0.2, -0.15) is 0 Å². The van der Waals surface area contributed by atoms with Crippen molar-refractivity contribution in [2.75, 3.05) is 26.2 Å². The van der Waals surface area contributed by atoms with Gasteiger partial charge in [0.2, 0.25) is 5.91 Å². The Hall–Kier alpha value is -1.47. The van der Waals surface area contributed by atoms with Gasteiger partial charge in [0.1, 0.15) is 12.4 Å². The van der Waals surface area contributed by atoms with Crippen molar-refractivity contribution in [2.24, 2.45) is 7.05 Å². The van der Waals surface area contributed by atoms with Crippen LogP contribution in [0.15, 0.2) is 6.33 Å². The lowest BCUT2D eigenvalue weighted by Crippen LogP contribution is -2.49. The van der Waals surface area contributed by atoms with E-state index in [9.17, 15) is 4.79 Å². The van der Waals surface area contributed by atoms with Crippen LogP contribution in [-0.4, -0.2) is 68.8 Å². The molecule has 2 heterocycles. The molecule has 0 aromatic carbocycles. The van der Waals surface area contributed by atoms with Crippen molar-refractivity contribution in [3.63, 3.8) is 0 Å². The Balaban J connectivity index is 1.38. The van der Waals surface area contributed by atoms with Crippen LogP contribution in [0.1, 0.15) is 50.5 Å². The Morgan fingerprint density at radius 2 is 2.04 bits per heavy atom. The van der Waals surface area contributed by atoms with Crippen LogP contribution in [0, 0.1) is 0 Å². The van der Waals surface area contributed by atoms with Crippen molar-refractivity contribution in [1.29, 1.82) is 0 Å². The summed E-state index contributed by atoms with van der Waals surface area (Å²) in [6.45, 7) is 2.66. The van der Waals surface area contributed by atoms with Crippen molar-refractivity contribution < 1.29 is 9.53 Å². The third-order valence-electron chi connectivity index (χ3n) is 5.49. The number of nitrogens with zero attached hydrogens (tertiary/aromatic N) is 5. The van der Waals surface area contributed by atoms with Gasteiger partial charge in [-0.1, -0.05) is 12.8 Å². The van der Waals surface area contributed by atoms with E-state index in [-0.39, 0.29) is 6.10 Å². The molecule has 1 atom stereocenters. The smallest absolute Gasteiger partial charge is 0.237 e. The molecule has 2 aliphatic carbocycles. The maximum absolute atomic E-state index is 13.0. The molecule has 7 heteroatoms. The number of aryl methyl sites for hydroxylation is 1. The summed E-state index contributed by atoms with van der Waals surface area (Å²) in [7, 11) is 1.93. The quantitative estimate of drug-likeness (QED) is 0.808. The highest BCUT2D eigenvalue weighted by Crippen LogP contribution is 2.34. The second-order valence-electron chi connectivity index (χ2n) is 7.37. The van der Waals surface area contributed by atoms with Crippen molar-refractivity contribution in [2.45, 2.75) is 56.7 Å². The summed E-state index contributed by atoms with van der Waals surface area (Å²) >= 11 is 0. The zero-order valence-corrected chi connectivity index (χ0v) is 14.4. The van der Waals surface area contributed by atoms with E-state index in [0.717, 1.165) is 12.4 Å². The number of ether oxygens (including phenoxy) is 1. The Labute approximate surface area is 143 Å². The fourth-order valence-electron chi connectivity index (χ4n) is 4.10. The highest BCUT2D eigenvalue weighted by Gasteiger charge is 2.39. The lowest BCUT2D eigenvalue weighted by atomic mass is 10.2. The first-order chi connectivity index (χ1) is 11.7. The van der Waals surface area contributed by atoms with Crippen molar-refractivity contribution in [3.05, 3.63) is 12.2 Å². The molecule has 24 heavy (non-hydrogen) atoms. The van der Waals surface area contributed by atoms with E-state index in [1.54, 1.807) is 6.33 Å². The molecule has 7 nitrogen and oxygen atoms in total. The minimum absolute atomic E-state index is 0.0973. The van der Waals surface area contributed by atoms with Crippen LogP contribution in [0.5, 0.6) is 0 Å². The molecule has 1 aromatic rings. The van der Waals surface area contributed by atoms with Gasteiger partial charge in [-0.15, -0.1) is 10.2 Å². The van der Waals surface area contributed by atoms with Crippen LogP contribution < -0.4 is 0 Å². The molecule has 3 aliphatic rings. The van der Waals surface area contributed by atoms with Gasteiger partial charge in [-0.3, -0.25) is 9.69 Å². The first-order valence-corrected chi connectivity index (χ1v) is 9.21. The monoisotopic (exact) mass is 333 g/mol. The lowest BCUT2D eigenvalue weighted by Gasteiger charge is -2.35. The number of morpholine rings is 1. The zero-order valence-electron chi connectivity index (χ0n) is 14.4. The molecule has 2 saturated carbocycles. The summed E-state index contributed by atoms with van der Waals surface area (Å²) in [5, 5.41) is 8.09. The Bertz CT molecular complexity index is 579. The number of carbonyl (C=O) groups excluding carboxylic acids is 1. The molecule has 1 amide bonds. The van der Waals surface area contributed by atoms with Gasteiger partial charge in [0.05, 0.1) is 13.2 Å². The van der Waals surface area contributed by atoms with Gasteiger partial charge in [0, 0.05) is 32.2 Å². The number of hydrogen-bond donors (Lipinski definition) is 0. The normalized spacial score (nSPS) is 26.0. The van der Waals surface area contributed by atoms with Crippen LogP contribution in [0.25, 0.3) is 0 Å². The SMILES string of the molecule is Cn1cnnc1C1CN(CC(=O)N(C2CCCC2)C2CC2)CCO1. The second-order valence-corrected chi connectivity index (χ2v) is 7.37. The van der Waals surface area contributed by atoms with E-state index < -0.39 is 0 Å². The first kappa shape index (κ1) is 16.0. The van der Waals surface area contributed by atoms with Crippen molar-refractivity contribution in [1.82, 2.24) is 24.6 Å². The van der Waals surface area contributed by atoms with Gasteiger partial charge in [0.15, 0.2) is 5.82 Å². The second kappa shape index (κ2) is 6.80. The van der Waals surface area contributed by atoms with E-state index in [1.807, 2.05) is 11.6 Å². The molecule has 1 saturated heterocycles. The van der Waals surface area contributed by atoms with Gasteiger partial charge >= 0.3 is 0 Å². The van der Waals surface area contributed by atoms with E-state index in [4.69, 9.17) is 4.74 Å². The lowest BCUT2D eigenvalue weighted by molar-refractivity contribution is -0.137. The first-order valence-electron chi connectivity index (χ1n) is 9.21. The molecular weight excluding hydrogens is 306 g/mol. The van der Waals surface area contributed by atoms with E-state index >= 15 is 0 Å². The standard InChI is InChI=1S/C17H27N5O2/c1-20-12-18-19-17(20)15-10-21(8-9-24-15)11-16(23)22(14-6-7-14)13-4-2-3-5-13/h12-15H,2-11H2,1H3. The number of hydrogen-bond acceptors (Lipinski definition) is 5. The summed E-state index contributed by atoms with van der Waals surface area (Å²) in [6.07, 6.45) is 8.89. The summed E-state index contributed by atoms with van der Waals surface area (Å²) < 4.78 is 7.74. The predicted octanol–water partition coefficient (Wildman–Crippen LogP) is 1.12. The maximum Gasteiger partial charge on any atom is 0.237 e. The summed E-state index contributed by atoms with van der Waals surface area (Å²) in [4.78, 5) is 17.4. The topological polar surface area (TPSA) is 63.5 Å². The Morgan fingerprint density at radius 3 is 2.71 bits per heavy atom. The third-order valence-corrected chi connectivity index (χ3v) is 5.49. The average molecular weight is 333 g/mol. The largest absolute Gasteiger partial charge is 0.368 e. The van der Waals surface area contributed by atoms with E-state index in [0.29, 0.717) is 37.7 Å². The molecule has 1 unspecified atom stereocenters. The predicted molar refractivity (Wildman–Crippen MR) is 88.3 cm³/mol. The fourth-order valence-corrected chi connectivity index (χ4v) is 4.10.